The number of carbonyl (C=O) groups excluding carboxylic acids is 3. The number of nitrogens with one attached hydrogen (secondary N) is 2. The molecular formula is C32H29N3O5. The number of rotatable bonds is 11. The summed E-state index contributed by atoms with van der Waals surface area (Å²) in [7, 11) is 0. The van der Waals surface area contributed by atoms with Crippen LogP contribution in [-0.2, 0) is 6.42 Å². The molecule has 3 amide bonds. The predicted octanol–water partition coefficient (Wildman–Crippen LogP) is 5.16. The topological polar surface area (TPSA) is 139 Å². The lowest BCUT2D eigenvalue weighted by Gasteiger charge is -2.14. The molecule has 4 aromatic rings. The van der Waals surface area contributed by atoms with Crippen molar-refractivity contribution in [1.29, 1.82) is 0 Å². The second-order valence-electron chi connectivity index (χ2n) is 9.21. The van der Waals surface area contributed by atoms with Gasteiger partial charge in [-0.05, 0) is 72.4 Å². The maximum absolute atomic E-state index is 13.2. The van der Waals surface area contributed by atoms with Crippen LogP contribution in [0.25, 0.3) is 11.1 Å². The van der Waals surface area contributed by atoms with Crippen LogP contribution in [0.1, 0.15) is 59.8 Å². The summed E-state index contributed by atoms with van der Waals surface area (Å²) in [5.41, 5.74) is 8.20. The van der Waals surface area contributed by atoms with Crippen molar-refractivity contribution in [3.05, 3.63) is 125 Å². The SMILES string of the molecule is NC(=O)c1cccc(NC(=O)c2ccccc2-c2ccc(C(=O)NCCCCc3ccccc3)cc2C(=O)O)c1. The Labute approximate surface area is 231 Å². The number of carbonyl (C=O) groups is 4. The number of amides is 3. The molecule has 0 saturated carbocycles. The van der Waals surface area contributed by atoms with E-state index in [1.807, 2.05) is 18.2 Å². The van der Waals surface area contributed by atoms with Gasteiger partial charge in [0.1, 0.15) is 0 Å². The molecule has 0 aliphatic carbocycles. The minimum Gasteiger partial charge on any atom is -0.478 e. The second-order valence-corrected chi connectivity index (χ2v) is 9.21. The Morgan fingerprint density at radius 3 is 2.15 bits per heavy atom. The maximum Gasteiger partial charge on any atom is 0.336 e. The summed E-state index contributed by atoms with van der Waals surface area (Å²) >= 11 is 0. The molecule has 0 radical (unpaired) electrons. The Bertz CT molecular complexity index is 1550. The molecule has 0 aliphatic heterocycles. The van der Waals surface area contributed by atoms with Crippen molar-refractivity contribution in [2.75, 3.05) is 11.9 Å². The zero-order chi connectivity index (χ0) is 28.5. The van der Waals surface area contributed by atoms with E-state index in [-0.39, 0.29) is 28.2 Å². The van der Waals surface area contributed by atoms with Crippen LogP contribution in [0.15, 0.2) is 97.1 Å². The Kier molecular flexibility index (Phi) is 9.04. The lowest BCUT2D eigenvalue weighted by Crippen LogP contribution is -2.25. The van der Waals surface area contributed by atoms with Gasteiger partial charge in [-0.2, -0.15) is 0 Å². The molecule has 0 heterocycles. The molecule has 0 bridgehead atoms. The lowest BCUT2D eigenvalue weighted by atomic mass is 9.93. The zero-order valence-electron chi connectivity index (χ0n) is 21.7. The van der Waals surface area contributed by atoms with Gasteiger partial charge in [0.05, 0.1) is 5.56 Å². The third kappa shape index (κ3) is 6.99. The molecule has 8 nitrogen and oxygen atoms in total. The van der Waals surface area contributed by atoms with E-state index in [1.165, 1.54) is 29.8 Å². The first kappa shape index (κ1) is 27.8. The normalized spacial score (nSPS) is 10.5. The highest BCUT2D eigenvalue weighted by atomic mass is 16.4. The van der Waals surface area contributed by atoms with Crippen molar-refractivity contribution < 1.29 is 24.3 Å². The number of hydrogen-bond acceptors (Lipinski definition) is 4. The number of aryl methyl sites for hydroxylation is 1. The average Bonchev–Trinajstić information content (AvgIpc) is 2.97. The second kappa shape index (κ2) is 13.0. The van der Waals surface area contributed by atoms with E-state index < -0.39 is 17.8 Å². The van der Waals surface area contributed by atoms with Crippen LogP contribution < -0.4 is 16.4 Å². The number of primary amides is 1. The fourth-order valence-electron chi connectivity index (χ4n) is 4.36. The van der Waals surface area contributed by atoms with Crippen molar-refractivity contribution in [3.63, 3.8) is 0 Å². The van der Waals surface area contributed by atoms with Crippen LogP contribution >= 0.6 is 0 Å². The molecule has 8 heteroatoms. The van der Waals surface area contributed by atoms with Gasteiger partial charge in [-0.15, -0.1) is 0 Å². The van der Waals surface area contributed by atoms with E-state index >= 15 is 0 Å². The number of nitrogens with two attached hydrogens (primary N) is 1. The van der Waals surface area contributed by atoms with Gasteiger partial charge in [0.25, 0.3) is 11.8 Å². The molecule has 40 heavy (non-hydrogen) atoms. The van der Waals surface area contributed by atoms with E-state index in [1.54, 1.807) is 42.5 Å². The monoisotopic (exact) mass is 535 g/mol. The Morgan fingerprint density at radius 1 is 0.675 bits per heavy atom. The highest BCUT2D eigenvalue weighted by Gasteiger charge is 2.20. The van der Waals surface area contributed by atoms with Gasteiger partial charge in [0.2, 0.25) is 5.91 Å². The van der Waals surface area contributed by atoms with Gasteiger partial charge in [-0.25, -0.2) is 4.79 Å². The van der Waals surface area contributed by atoms with Crippen LogP contribution in [0.3, 0.4) is 0 Å². The van der Waals surface area contributed by atoms with Crippen molar-refractivity contribution in [2.24, 2.45) is 5.73 Å². The first-order valence-corrected chi connectivity index (χ1v) is 12.8. The summed E-state index contributed by atoms with van der Waals surface area (Å²) in [6.45, 7) is 0.468. The number of hydrogen-bond donors (Lipinski definition) is 4. The zero-order valence-corrected chi connectivity index (χ0v) is 21.7. The molecule has 0 unspecified atom stereocenters. The molecule has 0 atom stereocenters. The number of benzene rings is 4. The van der Waals surface area contributed by atoms with E-state index in [0.29, 0.717) is 23.4 Å². The van der Waals surface area contributed by atoms with Gasteiger partial charge >= 0.3 is 5.97 Å². The van der Waals surface area contributed by atoms with Gasteiger partial charge in [0.15, 0.2) is 0 Å². The maximum atomic E-state index is 13.2. The quantitative estimate of drug-likeness (QED) is 0.197. The molecule has 0 saturated heterocycles. The van der Waals surface area contributed by atoms with E-state index in [9.17, 15) is 24.3 Å². The molecule has 0 spiro atoms. The van der Waals surface area contributed by atoms with Gasteiger partial charge in [-0.3, -0.25) is 14.4 Å². The van der Waals surface area contributed by atoms with E-state index in [2.05, 4.69) is 22.8 Å². The van der Waals surface area contributed by atoms with E-state index in [0.717, 1.165) is 19.3 Å². The minimum absolute atomic E-state index is 0.104. The summed E-state index contributed by atoms with van der Waals surface area (Å²) in [6.07, 6.45) is 2.61. The number of carboxylic acids is 1. The number of carboxylic acid groups (broad SMARTS) is 1. The summed E-state index contributed by atoms with van der Waals surface area (Å²) < 4.78 is 0. The van der Waals surface area contributed by atoms with Crippen molar-refractivity contribution in [2.45, 2.75) is 19.3 Å². The first-order valence-electron chi connectivity index (χ1n) is 12.8. The summed E-state index contributed by atoms with van der Waals surface area (Å²) in [6, 6.07) is 27.3. The standard InChI is InChI=1S/C32H29N3O5/c33-29(36)22-12-8-13-24(19-22)35-31(38)27-15-5-4-14-25(27)26-17-16-23(20-28(26)32(39)40)30(37)34-18-7-6-11-21-9-2-1-3-10-21/h1-5,8-10,12-17,19-20H,6-7,11,18H2,(H2,33,36)(H,34,37)(H,35,38)(H,39,40). The molecule has 202 valence electrons. The molecule has 0 fully saturated rings. The molecule has 0 aromatic heterocycles. The van der Waals surface area contributed by atoms with E-state index in [4.69, 9.17) is 5.73 Å². The fraction of sp³-hybridized carbons (Fsp3) is 0.125. The molecular weight excluding hydrogens is 506 g/mol. The summed E-state index contributed by atoms with van der Waals surface area (Å²) in [5, 5.41) is 15.5. The Balaban J connectivity index is 1.49. The molecule has 5 N–H and O–H groups in total. The largest absolute Gasteiger partial charge is 0.478 e. The number of aromatic carboxylic acids is 1. The molecule has 4 rings (SSSR count). The first-order chi connectivity index (χ1) is 19.3. The van der Waals surface area contributed by atoms with Crippen molar-refractivity contribution in [1.82, 2.24) is 5.32 Å². The summed E-state index contributed by atoms with van der Waals surface area (Å²) in [5.74, 6) is -2.71. The van der Waals surface area contributed by atoms with Crippen LogP contribution in [0, 0.1) is 0 Å². The Morgan fingerprint density at radius 2 is 1.40 bits per heavy atom. The highest BCUT2D eigenvalue weighted by Crippen LogP contribution is 2.29. The van der Waals surface area contributed by atoms with Crippen molar-refractivity contribution >= 4 is 29.4 Å². The summed E-state index contributed by atoms with van der Waals surface area (Å²) in [4.78, 5) is 49.6. The number of unbranched alkanes of at least 4 members (excludes halogenated alkanes) is 1. The fourth-order valence-corrected chi connectivity index (χ4v) is 4.36. The highest BCUT2D eigenvalue weighted by molar-refractivity contribution is 6.11. The molecule has 4 aromatic carbocycles. The smallest absolute Gasteiger partial charge is 0.336 e. The number of anilines is 1. The lowest BCUT2D eigenvalue weighted by molar-refractivity contribution is 0.0697. The predicted molar refractivity (Wildman–Crippen MR) is 153 cm³/mol. The molecule has 0 aliphatic rings. The third-order valence-electron chi connectivity index (χ3n) is 6.40. The average molecular weight is 536 g/mol. The van der Waals surface area contributed by atoms with Gasteiger partial charge < -0.3 is 21.5 Å². The van der Waals surface area contributed by atoms with Gasteiger partial charge in [0, 0.05) is 28.9 Å². The minimum atomic E-state index is -1.23. The Hall–Kier alpha value is -5.24. The van der Waals surface area contributed by atoms with Crippen LogP contribution in [-0.4, -0.2) is 35.3 Å². The van der Waals surface area contributed by atoms with Crippen LogP contribution in [0.4, 0.5) is 5.69 Å². The van der Waals surface area contributed by atoms with Crippen LogP contribution in [0.2, 0.25) is 0 Å². The van der Waals surface area contributed by atoms with Crippen LogP contribution in [0.5, 0.6) is 0 Å². The third-order valence-corrected chi connectivity index (χ3v) is 6.40. The van der Waals surface area contributed by atoms with Gasteiger partial charge in [-0.1, -0.05) is 60.7 Å². The van der Waals surface area contributed by atoms with Crippen molar-refractivity contribution in [3.8, 4) is 11.1 Å².